The molecule has 10 N–H and O–H groups in total. The molecule has 0 saturated carbocycles. The van der Waals surface area contributed by atoms with E-state index >= 15 is 0 Å². The Hall–Kier alpha value is -6.36. The average Bonchev–Trinajstić information content (AvgIpc) is 3.79. The van der Waals surface area contributed by atoms with Gasteiger partial charge in [-0.2, -0.15) is 0 Å². The number of anilines is 4. The molecule has 0 aromatic carbocycles. The summed E-state index contributed by atoms with van der Waals surface area (Å²) in [5.41, 5.74) is 0. The van der Waals surface area contributed by atoms with Gasteiger partial charge in [0.2, 0.25) is 23.8 Å². The number of urea groups is 4. The second kappa shape index (κ2) is 14.7. The van der Waals surface area contributed by atoms with Crippen molar-refractivity contribution in [2.75, 3.05) is 60.5 Å². The Labute approximate surface area is 234 Å². The van der Waals surface area contributed by atoms with Crippen LogP contribution in [-0.4, -0.2) is 134 Å². The second-order valence-corrected chi connectivity index (χ2v) is 7.95. The number of amides is 8. The van der Waals surface area contributed by atoms with Gasteiger partial charge in [0.15, 0.2) is 0 Å². The van der Waals surface area contributed by atoms with Crippen LogP contribution in [0.5, 0.6) is 0 Å². The molecule has 24 nitrogen and oxygen atoms in total. The van der Waals surface area contributed by atoms with E-state index in [9.17, 15) is 19.2 Å². The number of rotatable bonds is 13. The number of hydrogen-bond donors (Lipinski definition) is 10. The molecule has 8 amide bonds. The van der Waals surface area contributed by atoms with Crippen LogP contribution in [0.15, 0.2) is 25.3 Å². The van der Waals surface area contributed by atoms with Crippen LogP contribution in [0.4, 0.5) is 43.0 Å². The van der Waals surface area contributed by atoms with Gasteiger partial charge in [0.1, 0.15) is 25.3 Å². The fourth-order valence-corrected chi connectivity index (χ4v) is 3.21. The Morgan fingerprint density at radius 3 is 1.17 bits per heavy atom. The molecule has 0 unspecified atom stereocenters. The number of aromatic nitrogens is 12. The van der Waals surface area contributed by atoms with Crippen LogP contribution in [-0.2, 0) is 0 Å². The third-order valence-electron chi connectivity index (χ3n) is 5.13. The van der Waals surface area contributed by atoms with Crippen LogP contribution in [0.1, 0.15) is 0 Å². The van der Waals surface area contributed by atoms with Gasteiger partial charge in [0.25, 0.3) is 0 Å². The third kappa shape index (κ3) is 9.13. The Kier molecular flexibility index (Phi) is 10.0. The van der Waals surface area contributed by atoms with Gasteiger partial charge in [0.05, 0.1) is 0 Å². The van der Waals surface area contributed by atoms with Gasteiger partial charge in [-0.05, 0) is 0 Å². The molecule has 4 aromatic rings. The summed E-state index contributed by atoms with van der Waals surface area (Å²) in [6.07, 6.45) is 5.18. The average molecular weight is 587 g/mol. The minimum atomic E-state index is -0.579. The van der Waals surface area contributed by atoms with Gasteiger partial charge in [-0.1, -0.05) is 0 Å². The zero-order valence-electron chi connectivity index (χ0n) is 21.7. The van der Waals surface area contributed by atoms with E-state index in [0.717, 1.165) is 0 Å². The molecular formula is C18H26N20O4. The van der Waals surface area contributed by atoms with Crippen molar-refractivity contribution in [3.8, 4) is 0 Å². The quantitative estimate of drug-likeness (QED) is 0.0827. The lowest BCUT2D eigenvalue weighted by atomic mass is 10.4. The van der Waals surface area contributed by atoms with Gasteiger partial charge in [-0.3, -0.25) is 21.3 Å². The summed E-state index contributed by atoms with van der Waals surface area (Å²) in [5.74, 6) is 0.485. The van der Waals surface area contributed by atoms with Gasteiger partial charge in [-0.25, -0.2) is 19.2 Å². The Morgan fingerprint density at radius 2 is 0.857 bits per heavy atom. The van der Waals surface area contributed by atoms with E-state index in [-0.39, 0.29) is 63.1 Å². The smallest absolute Gasteiger partial charge is 0.324 e. The molecule has 222 valence electrons. The van der Waals surface area contributed by atoms with Crippen molar-refractivity contribution >= 4 is 47.9 Å². The van der Waals surface area contributed by atoms with E-state index in [0.29, 0.717) is 0 Å². The molecule has 0 atom stereocenters. The van der Waals surface area contributed by atoms with Crippen LogP contribution in [0.2, 0.25) is 0 Å². The predicted octanol–water partition coefficient (Wildman–Crippen LogP) is -1.83. The Morgan fingerprint density at radius 1 is 0.524 bits per heavy atom. The van der Waals surface area contributed by atoms with Crippen molar-refractivity contribution in [2.45, 2.75) is 0 Å². The van der Waals surface area contributed by atoms with Crippen molar-refractivity contribution in [3.63, 3.8) is 0 Å². The lowest BCUT2D eigenvalue weighted by Crippen LogP contribution is -2.48. The molecule has 0 fully saturated rings. The van der Waals surface area contributed by atoms with Crippen LogP contribution < -0.4 is 31.9 Å². The summed E-state index contributed by atoms with van der Waals surface area (Å²) in [5, 5.41) is 44.3. The topological polar surface area (TPSA) is 313 Å². The van der Waals surface area contributed by atoms with E-state index < -0.39 is 24.1 Å². The number of nitrogens with zero attached hydrogens (tertiary/aromatic N) is 10. The van der Waals surface area contributed by atoms with Crippen LogP contribution >= 0.6 is 0 Å². The normalized spacial score (nSPS) is 10.4. The summed E-state index contributed by atoms with van der Waals surface area (Å²) < 4.78 is 0. The molecule has 0 bridgehead atoms. The van der Waals surface area contributed by atoms with Crippen molar-refractivity contribution in [1.29, 1.82) is 0 Å². The van der Waals surface area contributed by atoms with Gasteiger partial charge < -0.3 is 40.4 Å². The maximum absolute atomic E-state index is 13.0. The molecule has 0 aliphatic carbocycles. The molecule has 4 rings (SSSR count). The minimum Gasteiger partial charge on any atom is -0.336 e. The van der Waals surface area contributed by atoms with E-state index in [4.69, 9.17) is 0 Å². The molecule has 0 aliphatic rings. The number of nitrogens with one attached hydrogen (secondary N) is 10. The van der Waals surface area contributed by atoms with E-state index in [2.05, 4.69) is 92.6 Å². The van der Waals surface area contributed by atoms with Gasteiger partial charge in [-0.15, -0.1) is 40.8 Å². The number of carbonyl (C=O) groups is 4. The molecule has 0 radical (unpaired) electrons. The first-order valence-electron chi connectivity index (χ1n) is 12.1. The molecule has 0 spiro atoms. The molecule has 0 aliphatic heterocycles. The van der Waals surface area contributed by atoms with Crippen LogP contribution in [0.25, 0.3) is 0 Å². The summed E-state index contributed by atoms with van der Waals surface area (Å²) in [7, 11) is 0. The predicted molar refractivity (Wildman–Crippen MR) is 141 cm³/mol. The fourth-order valence-electron chi connectivity index (χ4n) is 3.21. The molecular weight excluding hydrogens is 560 g/mol. The summed E-state index contributed by atoms with van der Waals surface area (Å²) in [4.78, 5) is 63.5. The lowest BCUT2D eigenvalue weighted by molar-refractivity contribution is 0.189. The molecule has 42 heavy (non-hydrogen) atoms. The first-order valence-corrected chi connectivity index (χ1v) is 12.1. The van der Waals surface area contributed by atoms with E-state index in [1.807, 2.05) is 0 Å². The van der Waals surface area contributed by atoms with Gasteiger partial charge >= 0.3 is 24.1 Å². The highest BCUT2D eigenvalue weighted by Gasteiger charge is 2.20. The zero-order chi connectivity index (χ0) is 29.6. The summed E-state index contributed by atoms with van der Waals surface area (Å²) in [6, 6.07) is -2.32. The second-order valence-electron chi connectivity index (χ2n) is 7.95. The Balaban J connectivity index is 1.34. The van der Waals surface area contributed by atoms with Crippen molar-refractivity contribution in [1.82, 2.24) is 81.2 Å². The zero-order valence-corrected chi connectivity index (χ0v) is 21.7. The van der Waals surface area contributed by atoms with Gasteiger partial charge in [0, 0.05) is 39.3 Å². The molecule has 4 heterocycles. The standard InChI is InChI=1S/C18H26N20O4/c39-15(29-11-21-7-25-33-11)19-1-3-37(17(41)31-13-23-9-27-35-13)5-6-38(18(42)32-14-24-10-28-36-14)4-2-20-16(40)30-12-22-8-26-34-12/h7-10H,1-6H2,(H2,23,27,31,35,41)(H2,24,28,32,36,42)(H3,19,21,25,29,33,39)(H3,20,22,26,30,34,40). The number of hydrogen-bond acceptors (Lipinski definition) is 12. The monoisotopic (exact) mass is 586 g/mol. The van der Waals surface area contributed by atoms with Crippen LogP contribution in [0.3, 0.4) is 0 Å². The lowest BCUT2D eigenvalue weighted by Gasteiger charge is -2.28. The fraction of sp³-hybridized carbons (Fsp3) is 0.333. The third-order valence-corrected chi connectivity index (χ3v) is 5.13. The number of carbonyl (C=O) groups excluding carboxylic acids is 4. The molecule has 0 saturated heterocycles. The minimum absolute atomic E-state index is 0.0134. The number of H-pyrrole nitrogens is 4. The SMILES string of the molecule is O=C(NCCN(CCN(CCNC(=O)Nc1nnc[nH]1)C(=O)Nc1nnc[nH]1)C(=O)Nc1nnc[nH]1)Nc1nnc[nH]1. The summed E-state index contributed by atoms with van der Waals surface area (Å²) in [6.45, 7) is 0.187. The highest BCUT2D eigenvalue weighted by Crippen LogP contribution is 2.03. The maximum Gasteiger partial charge on any atom is 0.324 e. The first-order chi connectivity index (χ1) is 20.5. The summed E-state index contributed by atoms with van der Waals surface area (Å²) >= 11 is 0. The maximum atomic E-state index is 13.0. The first kappa shape index (κ1) is 28.6. The Bertz CT molecular complexity index is 1270. The van der Waals surface area contributed by atoms with Crippen molar-refractivity contribution in [2.24, 2.45) is 0 Å². The highest BCUT2D eigenvalue weighted by molar-refractivity contribution is 5.89. The largest absolute Gasteiger partial charge is 0.336 e. The van der Waals surface area contributed by atoms with Crippen LogP contribution in [0, 0.1) is 0 Å². The molecule has 24 heteroatoms. The highest BCUT2D eigenvalue weighted by atomic mass is 16.2. The molecule has 4 aromatic heterocycles. The van der Waals surface area contributed by atoms with E-state index in [1.165, 1.54) is 35.1 Å². The van der Waals surface area contributed by atoms with Crippen molar-refractivity contribution in [3.05, 3.63) is 25.3 Å². The number of aromatic amines is 4. The van der Waals surface area contributed by atoms with Crippen molar-refractivity contribution < 1.29 is 19.2 Å². The van der Waals surface area contributed by atoms with E-state index in [1.54, 1.807) is 0 Å².